The highest BCUT2D eigenvalue weighted by molar-refractivity contribution is 8.00. The Balaban J connectivity index is 1.61. The topological polar surface area (TPSA) is 23.6 Å². The molecule has 0 radical (unpaired) electrons. The van der Waals surface area contributed by atoms with Gasteiger partial charge in [-0.15, -0.1) is 23.1 Å². The Bertz CT molecular complexity index is 501. The minimum absolute atomic E-state index is 0.0957. The monoisotopic (exact) mass is 332 g/mol. The molecule has 0 unspecified atom stereocenters. The highest BCUT2D eigenvalue weighted by atomic mass is 32.2. The number of fused-ring (bicyclic) bond motifs is 1. The molecule has 1 aromatic heterocycles. The van der Waals surface area contributed by atoms with Gasteiger partial charge in [0.25, 0.3) is 6.43 Å². The predicted octanol–water partition coefficient (Wildman–Crippen LogP) is 2.49. The molecule has 1 aromatic rings. The molecule has 7 heteroatoms. The number of nitrogens with zero attached hydrogens (tertiary/aromatic N) is 2. The zero-order valence-corrected chi connectivity index (χ0v) is 13.3. The Morgan fingerprint density at radius 2 is 2.10 bits per heavy atom. The lowest BCUT2D eigenvalue weighted by atomic mass is 10.1. The molecule has 0 spiro atoms. The number of halogens is 2. The molecule has 1 fully saturated rings. The highest BCUT2D eigenvalue weighted by Crippen LogP contribution is 2.40. The van der Waals surface area contributed by atoms with E-state index >= 15 is 0 Å². The van der Waals surface area contributed by atoms with Gasteiger partial charge in [-0.2, -0.15) is 0 Å². The molecule has 1 atom stereocenters. The first-order chi connectivity index (χ1) is 10.1. The third kappa shape index (κ3) is 3.40. The molecule has 0 N–H and O–H groups in total. The summed E-state index contributed by atoms with van der Waals surface area (Å²) in [5.41, 5.74) is 1.16. The third-order valence-corrected chi connectivity index (χ3v) is 6.21. The van der Waals surface area contributed by atoms with Gasteiger partial charge in [-0.25, -0.2) is 8.78 Å². The number of alkyl halides is 2. The van der Waals surface area contributed by atoms with Crippen molar-refractivity contribution in [3.05, 3.63) is 21.9 Å². The number of piperazine rings is 1. The SMILES string of the molecule is O=C([C@H]1SCCc2sccc21)N1CCN(CC(F)F)CC1. The van der Waals surface area contributed by atoms with Crippen LogP contribution in [0.4, 0.5) is 8.78 Å². The molecule has 1 saturated heterocycles. The smallest absolute Gasteiger partial charge is 0.251 e. The molecule has 3 nitrogen and oxygen atoms in total. The average molecular weight is 332 g/mol. The minimum Gasteiger partial charge on any atom is -0.339 e. The van der Waals surface area contributed by atoms with Crippen LogP contribution >= 0.6 is 23.1 Å². The Morgan fingerprint density at radius 3 is 2.81 bits per heavy atom. The number of aryl methyl sites for hydroxylation is 1. The zero-order valence-electron chi connectivity index (χ0n) is 11.6. The van der Waals surface area contributed by atoms with Crippen molar-refractivity contribution in [3.63, 3.8) is 0 Å². The van der Waals surface area contributed by atoms with Gasteiger partial charge in [0.1, 0.15) is 5.25 Å². The second kappa shape index (κ2) is 6.62. The molecule has 3 heterocycles. The van der Waals surface area contributed by atoms with E-state index in [-0.39, 0.29) is 17.7 Å². The summed E-state index contributed by atoms with van der Waals surface area (Å²) in [6.45, 7) is 2.02. The maximum absolute atomic E-state index is 12.7. The number of amides is 1. The van der Waals surface area contributed by atoms with E-state index in [9.17, 15) is 13.6 Å². The van der Waals surface area contributed by atoms with Gasteiger partial charge in [-0.05, 0) is 29.2 Å². The van der Waals surface area contributed by atoms with E-state index in [1.807, 2.05) is 4.90 Å². The van der Waals surface area contributed by atoms with Crippen LogP contribution in [0.1, 0.15) is 15.7 Å². The molecule has 1 amide bonds. The fraction of sp³-hybridized carbons (Fsp3) is 0.643. The Morgan fingerprint density at radius 1 is 1.33 bits per heavy atom. The summed E-state index contributed by atoms with van der Waals surface area (Å²) in [6.07, 6.45) is -1.25. The summed E-state index contributed by atoms with van der Waals surface area (Å²) in [4.78, 5) is 17.6. The van der Waals surface area contributed by atoms with Gasteiger partial charge in [0.2, 0.25) is 5.91 Å². The van der Waals surface area contributed by atoms with E-state index in [4.69, 9.17) is 0 Å². The number of carbonyl (C=O) groups is 1. The molecule has 3 rings (SSSR count). The van der Waals surface area contributed by atoms with Crippen molar-refractivity contribution in [2.24, 2.45) is 0 Å². The van der Waals surface area contributed by atoms with Crippen molar-refractivity contribution < 1.29 is 13.6 Å². The second-order valence-corrected chi connectivity index (χ2v) is 7.53. The van der Waals surface area contributed by atoms with E-state index in [0.717, 1.165) is 17.7 Å². The van der Waals surface area contributed by atoms with Crippen LogP contribution in [0.3, 0.4) is 0 Å². The average Bonchev–Trinajstić information content (AvgIpc) is 2.95. The van der Waals surface area contributed by atoms with Crippen LogP contribution in [0.25, 0.3) is 0 Å². The molecule has 0 aromatic carbocycles. The lowest BCUT2D eigenvalue weighted by Crippen LogP contribution is -2.50. The minimum atomic E-state index is -2.30. The fourth-order valence-corrected chi connectivity index (χ4v) is 5.24. The molecule has 2 aliphatic heterocycles. The van der Waals surface area contributed by atoms with E-state index < -0.39 is 6.43 Å². The number of thiophene rings is 1. The lowest BCUT2D eigenvalue weighted by molar-refractivity contribution is -0.132. The lowest BCUT2D eigenvalue weighted by Gasteiger charge is -2.36. The van der Waals surface area contributed by atoms with Gasteiger partial charge in [0.15, 0.2) is 0 Å². The molecule has 0 saturated carbocycles. The van der Waals surface area contributed by atoms with Crippen molar-refractivity contribution in [1.29, 1.82) is 0 Å². The Kier molecular flexibility index (Phi) is 4.81. The first-order valence-electron chi connectivity index (χ1n) is 7.12. The summed E-state index contributed by atoms with van der Waals surface area (Å²) in [5.74, 6) is 1.13. The fourth-order valence-electron chi connectivity index (χ4n) is 2.86. The number of hydrogen-bond acceptors (Lipinski definition) is 4. The molecular weight excluding hydrogens is 314 g/mol. The number of thioether (sulfide) groups is 1. The van der Waals surface area contributed by atoms with Crippen molar-refractivity contribution in [2.45, 2.75) is 18.1 Å². The Hall–Kier alpha value is -0.660. The van der Waals surface area contributed by atoms with Crippen LogP contribution in [0.15, 0.2) is 11.4 Å². The van der Waals surface area contributed by atoms with Gasteiger partial charge in [0.05, 0.1) is 6.54 Å². The van der Waals surface area contributed by atoms with Crippen molar-refractivity contribution >= 4 is 29.0 Å². The number of hydrogen-bond donors (Lipinski definition) is 0. The Labute approximate surface area is 131 Å². The van der Waals surface area contributed by atoms with Gasteiger partial charge in [0, 0.05) is 31.1 Å². The summed E-state index contributed by atoms with van der Waals surface area (Å²) in [7, 11) is 0. The van der Waals surface area contributed by atoms with E-state index in [1.54, 1.807) is 28.0 Å². The summed E-state index contributed by atoms with van der Waals surface area (Å²) >= 11 is 3.43. The van der Waals surface area contributed by atoms with Crippen LogP contribution in [-0.2, 0) is 11.2 Å². The third-order valence-electron chi connectivity index (χ3n) is 3.98. The summed E-state index contributed by atoms with van der Waals surface area (Å²) in [6, 6.07) is 2.06. The van der Waals surface area contributed by atoms with Crippen LogP contribution < -0.4 is 0 Å². The first kappa shape index (κ1) is 15.2. The van der Waals surface area contributed by atoms with Gasteiger partial charge >= 0.3 is 0 Å². The molecule has 0 aliphatic carbocycles. The molecule has 0 bridgehead atoms. The largest absolute Gasteiger partial charge is 0.339 e. The predicted molar refractivity (Wildman–Crippen MR) is 82.2 cm³/mol. The number of rotatable bonds is 3. The van der Waals surface area contributed by atoms with Crippen molar-refractivity contribution in [2.75, 3.05) is 38.5 Å². The summed E-state index contributed by atoms with van der Waals surface area (Å²) in [5, 5.41) is 1.96. The maximum Gasteiger partial charge on any atom is 0.251 e. The summed E-state index contributed by atoms with van der Waals surface area (Å²) < 4.78 is 24.7. The van der Waals surface area contributed by atoms with Crippen molar-refractivity contribution in [3.8, 4) is 0 Å². The molecule has 116 valence electrons. The number of carbonyl (C=O) groups excluding carboxylic acids is 1. The van der Waals surface area contributed by atoms with Crippen molar-refractivity contribution in [1.82, 2.24) is 9.80 Å². The van der Waals surface area contributed by atoms with Gasteiger partial charge < -0.3 is 4.90 Å². The van der Waals surface area contributed by atoms with E-state index in [0.29, 0.717) is 26.2 Å². The second-order valence-electron chi connectivity index (χ2n) is 5.32. The quantitative estimate of drug-likeness (QED) is 0.850. The molecular formula is C14H18F2N2OS2. The standard InChI is InChI=1S/C14H18F2N2OS2/c15-12(16)9-17-3-5-18(6-4-17)14(19)13-10-1-7-20-11(10)2-8-21-13/h1,7,12-13H,2-6,8-9H2/t13-/m0/s1. The maximum atomic E-state index is 12.7. The van der Waals surface area contributed by atoms with Crippen LogP contribution in [-0.4, -0.2) is 60.6 Å². The van der Waals surface area contributed by atoms with Crippen LogP contribution in [0.2, 0.25) is 0 Å². The normalized spacial score (nSPS) is 23.4. The van der Waals surface area contributed by atoms with Crippen LogP contribution in [0.5, 0.6) is 0 Å². The molecule has 21 heavy (non-hydrogen) atoms. The van der Waals surface area contributed by atoms with Crippen LogP contribution in [0, 0.1) is 0 Å². The highest BCUT2D eigenvalue weighted by Gasteiger charge is 2.33. The van der Waals surface area contributed by atoms with E-state index in [1.165, 1.54) is 4.88 Å². The molecule has 2 aliphatic rings. The van der Waals surface area contributed by atoms with Gasteiger partial charge in [-0.3, -0.25) is 9.69 Å². The van der Waals surface area contributed by atoms with E-state index in [2.05, 4.69) is 11.4 Å². The first-order valence-corrected chi connectivity index (χ1v) is 9.05. The zero-order chi connectivity index (χ0) is 14.8. The van der Waals surface area contributed by atoms with Gasteiger partial charge in [-0.1, -0.05) is 0 Å².